The largest absolute Gasteiger partial charge is 0.493 e. The van der Waals surface area contributed by atoms with Crippen LogP contribution >= 0.6 is 0 Å². The lowest BCUT2D eigenvalue weighted by molar-refractivity contribution is -0.206. The fraction of sp³-hybridized carbons (Fsp3) is 0.250. The van der Waals surface area contributed by atoms with Crippen LogP contribution in [0.1, 0.15) is 17.2 Å². The van der Waals surface area contributed by atoms with Crippen LogP contribution in [-0.2, 0) is 16.4 Å². The third-order valence-corrected chi connectivity index (χ3v) is 5.14. The van der Waals surface area contributed by atoms with Crippen molar-refractivity contribution in [3.8, 4) is 5.75 Å². The van der Waals surface area contributed by atoms with E-state index in [0.717, 1.165) is 6.07 Å². The molecule has 134 valence electrons. The minimum absolute atomic E-state index is 0.0898. The number of ether oxygens (including phenoxy) is 1. The number of anilines is 1. The van der Waals surface area contributed by atoms with Crippen LogP contribution in [0, 0.1) is 0 Å². The summed E-state index contributed by atoms with van der Waals surface area (Å²) >= 11 is 0. The van der Waals surface area contributed by atoms with Gasteiger partial charge < -0.3 is 9.84 Å². The van der Waals surface area contributed by atoms with Crippen LogP contribution in [0.25, 0.3) is 0 Å². The normalized spacial score (nSPS) is 15.4. The van der Waals surface area contributed by atoms with Crippen molar-refractivity contribution >= 4 is 15.7 Å². The molecule has 0 aromatic heterocycles. The van der Waals surface area contributed by atoms with Gasteiger partial charge in [0.15, 0.2) is 6.10 Å². The molecule has 0 unspecified atom stereocenters. The van der Waals surface area contributed by atoms with Crippen molar-refractivity contribution in [3.05, 3.63) is 53.6 Å². The molecule has 0 fully saturated rings. The van der Waals surface area contributed by atoms with Crippen LogP contribution in [0.2, 0.25) is 0 Å². The number of sulfonamides is 1. The van der Waals surface area contributed by atoms with Gasteiger partial charge in [-0.2, -0.15) is 13.2 Å². The van der Waals surface area contributed by atoms with Crippen LogP contribution in [0.15, 0.2) is 47.4 Å². The first-order valence-corrected chi connectivity index (χ1v) is 8.79. The van der Waals surface area contributed by atoms with E-state index in [1.807, 2.05) is 0 Å². The molecule has 9 heteroatoms. The Kier molecular flexibility index (Phi) is 4.38. The first-order valence-electron chi connectivity index (χ1n) is 7.31. The molecule has 5 nitrogen and oxygen atoms in total. The van der Waals surface area contributed by atoms with E-state index < -0.39 is 27.9 Å². The number of hydrogen-bond acceptors (Lipinski definition) is 4. The molecule has 2 aromatic carbocycles. The van der Waals surface area contributed by atoms with Gasteiger partial charge in [-0.15, -0.1) is 0 Å². The number of alkyl halides is 3. The van der Waals surface area contributed by atoms with E-state index in [9.17, 15) is 26.7 Å². The SMILES string of the molecule is O=S(=O)(Nc1ccccc1[C@H](O)C(F)(F)F)c1ccc2c(c1)CCO2. The molecule has 0 spiro atoms. The molecular formula is C16H14F3NO4S. The van der Waals surface area contributed by atoms with E-state index in [-0.39, 0.29) is 10.6 Å². The van der Waals surface area contributed by atoms with E-state index in [1.165, 1.54) is 36.4 Å². The molecule has 0 radical (unpaired) electrons. The summed E-state index contributed by atoms with van der Waals surface area (Å²) in [4.78, 5) is -0.0898. The third kappa shape index (κ3) is 3.57. The number of aliphatic hydroxyl groups is 1. The topological polar surface area (TPSA) is 75.6 Å². The van der Waals surface area contributed by atoms with Gasteiger partial charge in [0.05, 0.1) is 17.2 Å². The molecule has 0 aliphatic carbocycles. The summed E-state index contributed by atoms with van der Waals surface area (Å²) in [5.74, 6) is 0.590. The van der Waals surface area contributed by atoms with Crippen LogP contribution in [-0.4, -0.2) is 26.3 Å². The number of rotatable bonds is 4. The Morgan fingerprint density at radius 2 is 1.88 bits per heavy atom. The summed E-state index contributed by atoms with van der Waals surface area (Å²) in [6.07, 6.45) is -7.14. The Hall–Kier alpha value is -2.26. The van der Waals surface area contributed by atoms with Gasteiger partial charge in [0, 0.05) is 12.0 Å². The molecule has 3 rings (SSSR count). The maximum atomic E-state index is 12.8. The van der Waals surface area contributed by atoms with Crippen molar-refractivity contribution in [2.45, 2.75) is 23.6 Å². The summed E-state index contributed by atoms with van der Waals surface area (Å²) in [5.41, 5.74) is -0.182. The van der Waals surface area contributed by atoms with Crippen LogP contribution in [0.3, 0.4) is 0 Å². The molecule has 0 saturated carbocycles. The predicted molar refractivity (Wildman–Crippen MR) is 83.9 cm³/mol. The Bertz CT molecular complexity index is 896. The second-order valence-electron chi connectivity index (χ2n) is 5.50. The van der Waals surface area contributed by atoms with E-state index >= 15 is 0 Å². The predicted octanol–water partition coefficient (Wildman–Crippen LogP) is 3.02. The third-order valence-electron chi connectivity index (χ3n) is 3.78. The van der Waals surface area contributed by atoms with Crippen molar-refractivity contribution in [1.29, 1.82) is 0 Å². The van der Waals surface area contributed by atoms with E-state index in [4.69, 9.17) is 4.74 Å². The zero-order valence-electron chi connectivity index (χ0n) is 12.7. The minimum atomic E-state index is -4.91. The fourth-order valence-electron chi connectivity index (χ4n) is 2.54. The molecule has 1 aliphatic heterocycles. The average molecular weight is 373 g/mol. The molecule has 1 heterocycles. The Morgan fingerprint density at radius 1 is 1.16 bits per heavy atom. The molecule has 25 heavy (non-hydrogen) atoms. The highest BCUT2D eigenvalue weighted by Crippen LogP contribution is 2.37. The standard InChI is InChI=1S/C16H14F3NO4S/c17-16(18,19)15(21)12-3-1-2-4-13(12)20-25(22,23)11-5-6-14-10(9-11)7-8-24-14/h1-6,9,15,20-21H,7-8H2/t15-/m0/s1. The Labute approximate surface area is 142 Å². The van der Waals surface area contributed by atoms with E-state index in [2.05, 4.69) is 4.72 Å². The maximum Gasteiger partial charge on any atom is 0.418 e. The van der Waals surface area contributed by atoms with Gasteiger partial charge >= 0.3 is 6.18 Å². The smallest absolute Gasteiger partial charge is 0.418 e. The van der Waals surface area contributed by atoms with Crippen LogP contribution in [0.4, 0.5) is 18.9 Å². The number of fused-ring (bicyclic) bond motifs is 1. The average Bonchev–Trinajstić information content (AvgIpc) is 3.01. The monoisotopic (exact) mass is 373 g/mol. The summed E-state index contributed by atoms with van der Waals surface area (Å²) in [6.45, 7) is 0.451. The van der Waals surface area contributed by atoms with Gasteiger partial charge in [-0.25, -0.2) is 8.42 Å². The van der Waals surface area contributed by atoms with E-state index in [0.29, 0.717) is 24.3 Å². The van der Waals surface area contributed by atoms with Gasteiger partial charge in [-0.05, 0) is 29.8 Å². The molecule has 0 amide bonds. The second kappa shape index (κ2) is 6.23. The lowest BCUT2D eigenvalue weighted by atomic mass is 10.1. The highest BCUT2D eigenvalue weighted by molar-refractivity contribution is 7.92. The zero-order chi connectivity index (χ0) is 18.2. The highest BCUT2D eigenvalue weighted by Gasteiger charge is 2.40. The van der Waals surface area contributed by atoms with Crippen molar-refractivity contribution < 1.29 is 31.4 Å². The van der Waals surface area contributed by atoms with Crippen molar-refractivity contribution in [1.82, 2.24) is 0 Å². The van der Waals surface area contributed by atoms with Gasteiger partial charge in [0.25, 0.3) is 10.0 Å². The van der Waals surface area contributed by atoms with Gasteiger partial charge in [-0.1, -0.05) is 18.2 Å². The summed E-state index contributed by atoms with van der Waals surface area (Å²) in [5, 5.41) is 9.46. The van der Waals surface area contributed by atoms with E-state index in [1.54, 1.807) is 0 Å². The molecule has 2 aromatic rings. The molecule has 1 aliphatic rings. The molecule has 0 bridgehead atoms. The number of hydrogen-bond donors (Lipinski definition) is 2. The number of nitrogens with one attached hydrogen (secondary N) is 1. The molecular weight excluding hydrogens is 359 g/mol. The Balaban J connectivity index is 1.94. The first kappa shape index (κ1) is 17.6. The number of benzene rings is 2. The summed E-state index contributed by atoms with van der Waals surface area (Å²) in [7, 11) is -4.12. The van der Waals surface area contributed by atoms with Crippen LogP contribution in [0.5, 0.6) is 5.75 Å². The van der Waals surface area contributed by atoms with Crippen molar-refractivity contribution in [2.24, 2.45) is 0 Å². The minimum Gasteiger partial charge on any atom is -0.493 e. The zero-order valence-corrected chi connectivity index (χ0v) is 13.6. The lowest BCUT2D eigenvalue weighted by Gasteiger charge is -2.19. The van der Waals surface area contributed by atoms with Gasteiger partial charge in [0.1, 0.15) is 5.75 Å². The quantitative estimate of drug-likeness (QED) is 0.864. The first-order chi connectivity index (χ1) is 11.7. The lowest BCUT2D eigenvalue weighted by Crippen LogP contribution is -2.22. The molecule has 0 saturated heterocycles. The highest BCUT2D eigenvalue weighted by atomic mass is 32.2. The van der Waals surface area contributed by atoms with Gasteiger partial charge in [0.2, 0.25) is 0 Å². The summed E-state index contributed by atoms with van der Waals surface area (Å²) < 4.78 is 70.8. The fourth-order valence-corrected chi connectivity index (χ4v) is 3.68. The number of aliphatic hydroxyl groups excluding tert-OH is 1. The number of halogens is 3. The van der Waals surface area contributed by atoms with Crippen molar-refractivity contribution in [2.75, 3.05) is 11.3 Å². The number of para-hydroxylation sites is 1. The Morgan fingerprint density at radius 3 is 2.60 bits per heavy atom. The van der Waals surface area contributed by atoms with Crippen molar-refractivity contribution in [3.63, 3.8) is 0 Å². The van der Waals surface area contributed by atoms with Crippen LogP contribution < -0.4 is 9.46 Å². The summed E-state index contributed by atoms with van der Waals surface area (Å²) in [6, 6.07) is 9.09. The maximum absolute atomic E-state index is 12.8. The second-order valence-corrected chi connectivity index (χ2v) is 7.19. The molecule has 1 atom stereocenters. The molecule has 2 N–H and O–H groups in total. The van der Waals surface area contributed by atoms with Gasteiger partial charge in [-0.3, -0.25) is 4.72 Å².